The van der Waals surface area contributed by atoms with Crippen molar-refractivity contribution >= 4 is 50.0 Å². The molecule has 0 radical (unpaired) electrons. The molecule has 0 unspecified atom stereocenters. The molecule has 162 valence electrons. The van der Waals surface area contributed by atoms with Gasteiger partial charge in [0.15, 0.2) is 0 Å². The highest BCUT2D eigenvalue weighted by atomic mass is 32.1. The van der Waals surface area contributed by atoms with Crippen molar-refractivity contribution < 1.29 is 18.7 Å². The van der Waals surface area contributed by atoms with Gasteiger partial charge in [0.05, 0.1) is 12.7 Å². The summed E-state index contributed by atoms with van der Waals surface area (Å²) >= 11 is 1.27. The second-order valence-corrected chi connectivity index (χ2v) is 8.41. The molecule has 0 atom stereocenters. The summed E-state index contributed by atoms with van der Waals surface area (Å²) in [4.78, 5) is 26.4. The summed E-state index contributed by atoms with van der Waals surface area (Å²) in [6.07, 6.45) is 0. The van der Waals surface area contributed by atoms with E-state index in [1.54, 1.807) is 18.2 Å². The molecule has 33 heavy (non-hydrogen) atoms. The highest BCUT2D eigenvalue weighted by molar-refractivity contribution is 7.20. The highest BCUT2D eigenvalue weighted by Gasteiger charge is 2.21. The van der Waals surface area contributed by atoms with Crippen LogP contribution >= 0.6 is 11.3 Å². The molecule has 5 rings (SSSR count). The van der Waals surface area contributed by atoms with Crippen molar-refractivity contribution in [3.63, 3.8) is 0 Å². The number of benzene rings is 3. The Kier molecular flexibility index (Phi) is 5.24. The molecular formula is C26H18N2O4S. The third-order valence-electron chi connectivity index (χ3n) is 5.34. The number of thiophene rings is 1. The third-order valence-corrected chi connectivity index (χ3v) is 6.44. The first kappa shape index (κ1) is 20.7. The first-order chi connectivity index (χ1) is 16.0. The fraction of sp³-hybridized carbons (Fsp3) is 0.0385. The number of anilines is 1. The third kappa shape index (κ3) is 3.79. The average Bonchev–Trinajstić information content (AvgIpc) is 3.27. The molecule has 3 aromatic carbocycles. The van der Waals surface area contributed by atoms with Crippen molar-refractivity contribution in [2.45, 2.75) is 0 Å². The van der Waals surface area contributed by atoms with E-state index >= 15 is 0 Å². The molecule has 2 heterocycles. The van der Waals surface area contributed by atoms with Crippen molar-refractivity contribution in [1.29, 1.82) is 5.41 Å². The number of carbonyl (C=O) groups excluding carboxylic acids is 2. The number of ether oxygens (including phenoxy) is 1. The van der Waals surface area contributed by atoms with E-state index in [1.165, 1.54) is 18.4 Å². The summed E-state index contributed by atoms with van der Waals surface area (Å²) in [6, 6.07) is 24.4. The van der Waals surface area contributed by atoms with E-state index in [4.69, 9.17) is 14.6 Å². The number of hydrogen-bond acceptors (Lipinski definition) is 6. The minimum atomic E-state index is -0.552. The molecule has 0 saturated heterocycles. The van der Waals surface area contributed by atoms with Crippen LogP contribution in [0.15, 0.2) is 83.3 Å². The van der Waals surface area contributed by atoms with Crippen LogP contribution in [0.2, 0.25) is 0 Å². The van der Waals surface area contributed by atoms with E-state index in [9.17, 15) is 9.59 Å². The Morgan fingerprint density at radius 2 is 1.67 bits per heavy atom. The van der Waals surface area contributed by atoms with Crippen LogP contribution in [0.4, 0.5) is 5.00 Å². The molecule has 0 aliphatic heterocycles. The van der Waals surface area contributed by atoms with Gasteiger partial charge in [0, 0.05) is 10.3 Å². The normalized spacial score (nSPS) is 10.9. The van der Waals surface area contributed by atoms with Crippen molar-refractivity contribution in [3.05, 3.63) is 95.5 Å². The molecule has 7 heteroatoms. The summed E-state index contributed by atoms with van der Waals surface area (Å²) in [5.74, 6) is -1.09. The van der Waals surface area contributed by atoms with Crippen molar-refractivity contribution in [2.24, 2.45) is 0 Å². The maximum atomic E-state index is 13.2. The number of methoxy groups -OCH3 is 1. The number of fused-ring (bicyclic) bond motifs is 3. The van der Waals surface area contributed by atoms with Crippen LogP contribution < -0.4 is 10.9 Å². The van der Waals surface area contributed by atoms with E-state index in [0.717, 1.165) is 26.6 Å². The number of carbonyl (C=O) groups is 2. The standard InChI is InChI=1S/C26H18N2O4S/c1-31-26(30)20-14-22(16-8-3-2-4-9-16)33-25(20)28-24(29)19-13-18-17-10-6-5-7-15(17)11-12-21(18)32-23(19)27/h2-14,27H,1H3,(H,28,29). The van der Waals surface area contributed by atoms with Crippen LogP contribution in [-0.4, -0.2) is 19.0 Å². The van der Waals surface area contributed by atoms with E-state index in [1.807, 2.05) is 60.7 Å². The SMILES string of the molecule is COC(=O)c1cc(-c2ccccc2)sc1NC(=O)c1cc2c(ccc3ccccc32)oc1=N. The van der Waals surface area contributed by atoms with Gasteiger partial charge >= 0.3 is 5.97 Å². The molecule has 0 saturated carbocycles. The van der Waals surface area contributed by atoms with E-state index < -0.39 is 11.9 Å². The predicted molar refractivity (Wildman–Crippen MR) is 129 cm³/mol. The lowest BCUT2D eigenvalue weighted by Crippen LogP contribution is -2.21. The lowest BCUT2D eigenvalue weighted by Gasteiger charge is -2.08. The van der Waals surface area contributed by atoms with Crippen LogP contribution in [-0.2, 0) is 4.74 Å². The zero-order valence-electron chi connectivity index (χ0n) is 17.5. The fourth-order valence-electron chi connectivity index (χ4n) is 3.72. The Hall–Kier alpha value is -4.23. The molecule has 0 aliphatic carbocycles. The first-order valence-corrected chi connectivity index (χ1v) is 11.0. The summed E-state index contributed by atoms with van der Waals surface area (Å²) in [6.45, 7) is 0. The van der Waals surface area contributed by atoms with E-state index in [-0.39, 0.29) is 16.7 Å². The van der Waals surface area contributed by atoms with Crippen molar-refractivity contribution in [1.82, 2.24) is 0 Å². The van der Waals surface area contributed by atoms with Gasteiger partial charge in [-0.3, -0.25) is 10.2 Å². The summed E-state index contributed by atoms with van der Waals surface area (Å²) in [5.41, 5.74) is 1.51. The second kappa shape index (κ2) is 8.37. The molecule has 0 bridgehead atoms. The Morgan fingerprint density at radius 1 is 0.909 bits per heavy atom. The molecule has 0 spiro atoms. The zero-order chi connectivity index (χ0) is 22.9. The Morgan fingerprint density at radius 3 is 2.45 bits per heavy atom. The summed E-state index contributed by atoms with van der Waals surface area (Å²) in [7, 11) is 1.29. The molecule has 2 aromatic heterocycles. The van der Waals surface area contributed by atoms with Crippen LogP contribution in [0.1, 0.15) is 20.7 Å². The van der Waals surface area contributed by atoms with Crippen LogP contribution in [0, 0.1) is 5.41 Å². The van der Waals surface area contributed by atoms with Gasteiger partial charge in [-0.05, 0) is 34.5 Å². The second-order valence-electron chi connectivity index (χ2n) is 7.35. The Bertz CT molecular complexity index is 1590. The smallest absolute Gasteiger partial charge is 0.340 e. The minimum absolute atomic E-state index is 0.0735. The van der Waals surface area contributed by atoms with Crippen molar-refractivity contribution in [3.8, 4) is 10.4 Å². The highest BCUT2D eigenvalue weighted by Crippen LogP contribution is 2.36. The molecule has 1 amide bonds. The first-order valence-electron chi connectivity index (χ1n) is 10.1. The van der Waals surface area contributed by atoms with Gasteiger partial charge < -0.3 is 14.5 Å². The number of rotatable bonds is 4. The van der Waals surface area contributed by atoms with Crippen LogP contribution in [0.5, 0.6) is 0 Å². The van der Waals surface area contributed by atoms with E-state index in [2.05, 4.69) is 5.32 Å². The maximum absolute atomic E-state index is 13.2. The van der Waals surface area contributed by atoms with Gasteiger partial charge in [0.25, 0.3) is 5.91 Å². The van der Waals surface area contributed by atoms with Gasteiger partial charge in [0.2, 0.25) is 5.55 Å². The minimum Gasteiger partial charge on any atom is -0.465 e. The summed E-state index contributed by atoms with van der Waals surface area (Å²) in [5, 5.41) is 14.0. The van der Waals surface area contributed by atoms with E-state index in [0.29, 0.717) is 10.6 Å². The lowest BCUT2D eigenvalue weighted by molar-refractivity contribution is 0.0602. The van der Waals surface area contributed by atoms with Gasteiger partial charge in [-0.2, -0.15) is 0 Å². The topological polar surface area (TPSA) is 92.4 Å². The molecule has 6 nitrogen and oxygen atoms in total. The Balaban J connectivity index is 1.57. The maximum Gasteiger partial charge on any atom is 0.340 e. The van der Waals surface area contributed by atoms with Gasteiger partial charge in [-0.1, -0.05) is 60.7 Å². The summed E-state index contributed by atoms with van der Waals surface area (Å²) < 4.78 is 10.6. The fourth-order valence-corrected chi connectivity index (χ4v) is 4.76. The quantitative estimate of drug-likeness (QED) is 0.264. The number of hydrogen-bond donors (Lipinski definition) is 2. The number of amides is 1. The molecule has 0 aliphatic rings. The van der Waals surface area contributed by atoms with Gasteiger partial charge in [-0.15, -0.1) is 11.3 Å². The zero-order valence-corrected chi connectivity index (χ0v) is 18.4. The lowest BCUT2D eigenvalue weighted by atomic mass is 10.0. The van der Waals surface area contributed by atoms with Gasteiger partial charge in [-0.25, -0.2) is 4.79 Å². The number of esters is 1. The molecular weight excluding hydrogens is 436 g/mol. The van der Waals surface area contributed by atoms with Crippen LogP contribution in [0.3, 0.4) is 0 Å². The van der Waals surface area contributed by atoms with Crippen molar-refractivity contribution in [2.75, 3.05) is 12.4 Å². The van der Waals surface area contributed by atoms with Gasteiger partial charge in [0.1, 0.15) is 16.1 Å². The monoisotopic (exact) mass is 454 g/mol. The largest absolute Gasteiger partial charge is 0.465 e. The average molecular weight is 455 g/mol. The number of nitrogens with one attached hydrogen (secondary N) is 2. The predicted octanol–water partition coefficient (Wildman–Crippen LogP) is 5.83. The van der Waals surface area contributed by atoms with Crippen LogP contribution in [0.25, 0.3) is 32.2 Å². The molecule has 2 N–H and O–H groups in total. The Labute approximate surface area is 192 Å². The molecule has 5 aromatic rings. The molecule has 0 fully saturated rings.